The fraction of sp³-hybridized carbons (Fsp3) is 0.316. The van der Waals surface area contributed by atoms with E-state index in [9.17, 15) is 8.42 Å². The predicted molar refractivity (Wildman–Crippen MR) is 108 cm³/mol. The van der Waals surface area contributed by atoms with Crippen molar-refractivity contribution in [1.82, 2.24) is 19.7 Å². The van der Waals surface area contributed by atoms with Crippen LogP contribution in [0.3, 0.4) is 0 Å². The second-order valence-electron chi connectivity index (χ2n) is 6.50. The molecular weight excluding hydrogens is 378 g/mol. The van der Waals surface area contributed by atoms with Crippen molar-refractivity contribution in [3.05, 3.63) is 53.6 Å². The number of ether oxygens (including phenoxy) is 1. The van der Waals surface area contributed by atoms with Crippen LogP contribution in [-0.2, 0) is 10.0 Å². The number of sulfonamides is 1. The van der Waals surface area contributed by atoms with Crippen LogP contribution in [-0.4, -0.2) is 33.9 Å². The van der Waals surface area contributed by atoms with E-state index in [0.29, 0.717) is 35.4 Å². The van der Waals surface area contributed by atoms with Gasteiger partial charge in [-0.2, -0.15) is 10.1 Å². The molecule has 0 saturated heterocycles. The fourth-order valence-corrected chi connectivity index (χ4v) is 3.89. The number of benzene rings is 1. The lowest BCUT2D eigenvalue weighted by atomic mass is 10.3. The number of rotatable bonds is 7. The van der Waals surface area contributed by atoms with E-state index in [-0.39, 0.29) is 5.75 Å². The maximum atomic E-state index is 11.8. The van der Waals surface area contributed by atoms with E-state index in [2.05, 4.69) is 19.8 Å². The summed E-state index contributed by atoms with van der Waals surface area (Å²) in [5, 5.41) is 4.44. The Bertz CT molecular complexity index is 1080. The molecule has 148 valence electrons. The number of aromatic nitrogens is 4. The van der Waals surface area contributed by atoms with Crippen LogP contribution in [0.1, 0.15) is 30.6 Å². The van der Waals surface area contributed by atoms with Gasteiger partial charge in [-0.3, -0.25) is 4.72 Å². The molecule has 0 unspecified atom stereocenters. The predicted octanol–water partition coefficient (Wildman–Crippen LogP) is 3.53. The molecule has 0 fully saturated rings. The molecular formula is C19H23N5O3S. The Kier molecular flexibility index (Phi) is 5.64. The highest BCUT2D eigenvalue weighted by Crippen LogP contribution is 2.24. The lowest BCUT2D eigenvalue weighted by molar-refractivity contribution is 0.459. The van der Waals surface area contributed by atoms with Crippen molar-refractivity contribution in [2.75, 3.05) is 10.5 Å². The number of anilines is 1. The van der Waals surface area contributed by atoms with Gasteiger partial charge in [0, 0.05) is 17.4 Å². The van der Waals surface area contributed by atoms with E-state index in [1.165, 1.54) is 0 Å². The molecule has 0 aliphatic rings. The van der Waals surface area contributed by atoms with Crippen LogP contribution in [0.2, 0.25) is 0 Å². The number of hydrogen-bond donors (Lipinski definition) is 1. The van der Waals surface area contributed by atoms with Crippen molar-refractivity contribution >= 4 is 15.7 Å². The molecule has 3 rings (SSSR count). The van der Waals surface area contributed by atoms with Crippen molar-refractivity contribution in [3.63, 3.8) is 0 Å². The summed E-state index contributed by atoms with van der Waals surface area (Å²) in [5.74, 6) is 2.19. The van der Waals surface area contributed by atoms with Gasteiger partial charge in [0.15, 0.2) is 5.82 Å². The number of hydrogen-bond acceptors (Lipinski definition) is 6. The van der Waals surface area contributed by atoms with Crippen LogP contribution in [0.5, 0.6) is 11.6 Å². The van der Waals surface area contributed by atoms with Crippen molar-refractivity contribution in [1.29, 1.82) is 0 Å². The number of aryl methyl sites for hydroxylation is 3. The molecule has 0 spiro atoms. The van der Waals surface area contributed by atoms with Crippen LogP contribution in [0.15, 0.2) is 36.4 Å². The smallest absolute Gasteiger partial charge is 0.232 e. The molecule has 2 heterocycles. The van der Waals surface area contributed by atoms with Crippen molar-refractivity contribution in [3.8, 4) is 17.4 Å². The van der Waals surface area contributed by atoms with E-state index in [1.807, 2.05) is 26.8 Å². The average Bonchev–Trinajstić information content (AvgIpc) is 2.94. The van der Waals surface area contributed by atoms with Gasteiger partial charge in [0.25, 0.3) is 0 Å². The van der Waals surface area contributed by atoms with Crippen LogP contribution in [0.4, 0.5) is 5.69 Å². The second-order valence-corrected chi connectivity index (χ2v) is 8.34. The largest absolute Gasteiger partial charge is 0.439 e. The van der Waals surface area contributed by atoms with Gasteiger partial charge in [-0.25, -0.2) is 18.1 Å². The van der Waals surface area contributed by atoms with Gasteiger partial charge in [0.2, 0.25) is 15.9 Å². The summed E-state index contributed by atoms with van der Waals surface area (Å²) >= 11 is 0. The van der Waals surface area contributed by atoms with Gasteiger partial charge in [-0.15, -0.1) is 0 Å². The molecule has 2 aromatic heterocycles. The minimum absolute atomic E-state index is 0.0839. The minimum atomic E-state index is -3.32. The molecule has 0 saturated carbocycles. The SMILES string of the molecule is CCCS(=O)(=O)Nc1ccc(Oc2cc(-n3nc(C)cc3C)nc(C)n2)cc1. The molecule has 1 aromatic carbocycles. The topological polar surface area (TPSA) is 99.0 Å². The maximum Gasteiger partial charge on any atom is 0.232 e. The van der Waals surface area contributed by atoms with E-state index in [0.717, 1.165) is 11.4 Å². The lowest BCUT2D eigenvalue weighted by Gasteiger charge is -2.10. The summed E-state index contributed by atoms with van der Waals surface area (Å²) < 4.78 is 33.8. The van der Waals surface area contributed by atoms with E-state index in [4.69, 9.17) is 4.74 Å². The molecule has 0 amide bonds. The lowest BCUT2D eigenvalue weighted by Crippen LogP contribution is -2.15. The normalized spacial score (nSPS) is 11.4. The van der Waals surface area contributed by atoms with Gasteiger partial charge < -0.3 is 4.74 Å². The third kappa shape index (κ3) is 4.86. The Balaban J connectivity index is 1.79. The molecule has 0 radical (unpaired) electrons. The first-order chi connectivity index (χ1) is 13.3. The summed E-state index contributed by atoms with van der Waals surface area (Å²) in [6.45, 7) is 7.48. The fourth-order valence-electron chi connectivity index (χ4n) is 2.76. The zero-order chi connectivity index (χ0) is 20.3. The quantitative estimate of drug-likeness (QED) is 0.650. The molecule has 3 aromatic rings. The van der Waals surface area contributed by atoms with Crippen molar-refractivity contribution < 1.29 is 13.2 Å². The van der Waals surface area contributed by atoms with Gasteiger partial charge in [0.05, 0.1) is 11.4 Å². The maximum absolute atomic E-state index is 11.8. The molecule has 1 N–H and O–H groups in total. The second kappa shape index (κ2) is 7.97. The van der Waals surface area contributed by atoms with Crippen LogP contribution >= 0.6 is 0 Å². The summed E-state index contributed by atoms with van der Waals surface area (Å²) in [6.07, 6.45) is 0.557. The molecule has 0 aliphatic carbocycles. The van der Waals surface area contributed by atoms with Gasteiger partial charge >= 0.3 is 0 Å². The summed E-state index contributed by atoms with van der Waals surface area (Å²) in [7, 11) is -3.32. The molecule has 9 heteroatoms. The van der Waals surface area contributed by atoms with Gasteiger partial charge in [-0.1, -0.05) is 6.92 Å². The van der Waals surface area contributed by atoms with E-state index >= 15 is 0 Å². The van der Waals surface area contributed by atoms with Crippen molar-refractivity contribution in [2.45, 2.75) is 34.1 Å². The molecule has 0 atom stereocenters. The Morgan fingerprint density at radius 2 is 1.79 bits per heavy atom. The minimum Gasteiger partial charge on any atom is -0.439 e. The average molecular weight is 401 g/mol. The molecule has 8 nitrogen and oxygen atoms in total. The third-order valence-electron chi connectivity index (χ3n) is 3.85. The third-order valence-corrected chi connectivity index (χ3v) is 5.34. The van der Waals surface area contributed by atoms with E-state index in [1.54, 1.807) is 41.9 Å². The zero-order valence-electron chi connectivity index (χ0n) is 16.3. The number of nitrogens with zero attached hydrogens (tertiary/aromatic N) is 4. The van der Waals surface area contributed by atoms with Crippen LogP contribution in [0.25, 0.3) is 5.82 Å². The Labute approximate surface area is 164 Å². The molecule has 0 aliphatic heterocycles. The first kappa shape index (κ1) is 19.8. The Hall–Kier alpha value is -2.94. The highest BCUT2D eigenvalue weighted by molar-refractivity contribution is 7.92. The van der Waals surface area contributed by atoms with Gasteiger partial charge in [0.1, 0.15) is 11.6 Å². The summed E-state index contributed by atoms with van der Waals surface area (Å²) in [6, 6.07) is 10.4. The highest BCUT2D eigenvalue weighted by Gasteiger charge is 2.11. The Morgan fingerprint density at radius 3 is 2.39 bits per heavy atom. The standard InChI is InChI=1S/C19H23N5O3S/c1-5-10-28(25,26)23-16-6-8-17(9-7-16)27-19-12-18(20-15(4)21-19)24-14(3)11-13(2)22-24/h6-9,11-12,23H,5,10H2,1-4H3. The van der Waals surface area contributed by atoms with E-state index < -0.39 is 10.0 Å². The highest BCUT2D eigenvalue weighted by atomic mass is 32.2. The summed E-state index contributed by atoms with van der Waals surface area (Å²) in [5.41, 5.74) is 2.35. The van der Waals surface area contributed by atoms with Crippen LogP contribution in [0, 0.1) is 20.8 Å². The monoisotopic (exact) mass is 401 g/mol. The summed E-state index contributed by atoms with van der Waals surface area (Å²) in [4.78, 5) is 8.74. The number of nitrogens with one attached hydrogen (secondary N) is 1. The van der Waals surface area contributed by atoms with Crippen molar-refractivity contribution in [2.24, 2.45) is 0 Å². The zero-order valence-corrected chi connectivity index (χ0v) is 17.1. The molecule has 28 heavy (non-hydrogen) atoms. The first-order valence-corrected chi connectivity index (χ1v) is 10.6. The molecule has 0 bridgehead atoms. The van der Waals surface area contributed by atoms with Crippen LogP contribution < -0.4 is 9.46 Å². The van der Waals surface area contributed by atoms with Gasteiger partial charge in [-0.05, 0) is 57.5 Å². The first-order valence-electron chi connectivity index (χ1n) is 8.93. The Morgan fingerprint density at radius 1 is 1.07 bits per heavy atom.